The molecule has 0 amide bonds. The first-order valence-corrected chi connectivity index (χ1v) is 8.77. The van der Waals surface area contributed by atoms with Gasteiger partial charge in [0.2, 0.25) is 0 Å². The summed E-state index contributed by atoms with van der Waals surface area (Å²) in [6.07, 6.45) is -2.27. The highest BCUT2D eigenvalue weighted by Gasteiger charge is 2.46. The van der Waals surface area contributed by atoms with Crippen molar-refractivity contribution in [3.8, 4) is 5.75 Å². The molecule has 1 aromatic carbocycles. The Morgan fingerprint density at radius 2 is 2.04 bits per heavy atom. The molecule has 0 saturated carbocycles. The lowest BCUT2D eigenvalue weighted by Gasteiger charge is -2.41. The van der Waals surface area contributed by atoms with E-state index in [1.165, 1.54) is 5.56 Å². The Morgan fingerprint density at radius 1 is 1.20 bits per heavy atom. The molecule has 7 nitrogen and oxygen atoms in total. The van der Waals surface area contributed by atoms with Crippen molar-refractivity contribution in [1.29, 1.82) is 0 Å². The molecule has 3 aliphatic heterocycles. The van der Waals surface area contributed by atoms with Crippen molar-refractivity contribution in [2.45, 2.75) is 43.5 Å². The van der Waals surface area contributed by atoms with Gasteiger partial charge in [-0.15, -0.1) is 0 Å². The Kier molecular flexibility index (Phi) is 6.63. The summed E-state index contributed by atoms with van der Waals surface area (Å²) < 4.78 is 22.3. The largest absolute Gasteiger partial charge is 0.497 e. The summed E-state index contributed by atoms with van der Waals surface area (Å²) in [5.74, 6) is 0.845. The zero-order valence-corrected chi connectivity index (χ0v) is 14.5. The first-order chi connectivity index (χ1) is 12.2. The molecule has 3 fully saturated rings. The molecule has 3 N–H and O–H groups in total. The van der Waals surface area contributed by atoms with Crippen LogP contribution in [0.15, 0.2) is 24.3 Å². The van der Waals surface area contributed by atoms with Crippen LogP contribution in [0.25, 0.3) is 0 Å². The minimum absolute atomic E-state index is 0.369. The molecule has 140 valence electrons. The van der Waals surface area contributed by atoms with E-state index in [0.29, 0.717) is 26.2 Å². The van der Waals surface area contributed by atoms with Gasteiger partial charge in [0.15, 0.2) is 6.29 Å². The second-order valence-electron chi connectivity index (χ2n) is 6.39. The van der Waals surface area contributed by atoms with Crippen LogP contribution < -0.4 is 10.1 Å². The Labute approximate surface area is 147 Å². The maximum atomic E-state index is 10.3. The number of benzene rings is 1. The summed E-state index contributed by atoms with van der Waals surface area (Å²) in [7, 11) is 1.66. The number of fused-ring (bicyclic) bond motifs is 6. The van der Waals surface area contributed by atoms with Crippen molar-refractivity contribution in [3.05, 3.63) is 29.8 Å². The number of aliphatic hydroxyl groups is 2. The quantitative estimate of drug-likeness (QED) is 0.624. The van der Waals surface area contributed by atoms with E-state index in [1.807, 2.05) is 18.2 Å². The maximum absolute atomic E-state index is 10.3. The van der Waals surface area contributed by atoms with E-state index in [4.69, 9.17) is 18.9 Å². The van der Waals surface area contributed by atoms with Gasteiger partial charge in [-0.1, -0.05) is 12.1 Å². The summed E-state index contributed by atoms with van der Waals surface area (Å²) in [6.45, 7) is 2.18. The van der Waals surface area contributed by atoms with Crippen molar-refractivity contribution in [3.63, 3.8) is 0 Å². The molecule has 3 saturated heterocycles. The Hall–Kier alpha value is -1.22. The van der Waals surface area contributed by atoms with Crippen molar-refractivity contribution in [2.24, 2.45) is 0 Å². The van der Waals surface area contributed by atoms with Crippen LogP contribution in [-0.4, -0.2) is 74.3 Å². The molecular formula is C18H27NO6. The maximum Gasteiger partial charge on any atom is 0.186 e. The van der Waals surface area contributed by atoms with Crippen LogP contribution in [0.5, 0.6) is 5.75 Å². The summed E-state index contributed by atoms with van der Waals surface area (Å²) in [5.41, 5.74) is 1.18. The van der Waals surface area contributed by atoms with Crippen molar-refractivity contribution >= 4 is 0 Å². The average molecular weight is 353 g/mol. The van der Waals surface area contributed by atoms with E-state index < -0.39 is 24.6 Å². The molecule has 2 bridgehead atoms. The molecule has 3 heterocycles. The van der Waals surface area contributed by atoms with Crippen LogP contribution in [-0.2, 0) is 20.6 Å². The van der Waals surface area contributed by atoms with E-state index in [9.17, 15) is 10.2 Å². The second-order valence-corrected chi connectivity index (χ2v) is 6.39. The molecule has 0 spiro atoms. The van der Waals surface area contributed by atoms with Crippen LogP contribution in [0, 0.1) is 0 Å². The van der Waals surface area contributed by atoms with Crippen molar-refractivity contribution in [2.75, 3.05) is 33.4 Å². The SMILES string of the molecule is COc1cccc(CCNCC2OC3OCCCOC2C(O)C3O)c1. The third kappa shape index (κ3) is 4.69. The number of methoxy groups -OCH3 is 1. The third-order valence-corrected chi connectivity index (χ3v) is 4.59. The van der Waals surface area contributed by atoms with Gasteiger partial charge in [-0.05, 0) is 37.1 Å². The van der Waals surface area contributed by atoms with Gasteiger partial charge in [0.1, 0.15) is 30.2 Å². The summed E-state index contributed by atoms with van der Waals surface area (Å²) in [6, 6.07) is 7.96. The molecule has 1 aromatic rings. The number of hydrogen-bond donors (Lipinski definition) is 3. The second kappa shape index (κ2) is 8.93. The lowest BCUT2D eigenvalue weighted by Crippen LogP contribution is -2.60. The van der Waals surface area contributed by atoms with Gasteiger partial charge in [-0.25, -0.2) is 0 Å². The number of nitrogens with one attached hydrogen (secondary N) is 1. The standard InChI is InChI=1S/C18H27NO6/c1-22-13-5-2-4-12(10-13)6-7-19-11-14-17-15(20)16(21)18(25-14)24-9-3-8-23-17/h2,4-5,10,14-21H,3,6-9,11H2,1H3. The third-order valence-electron chi connectivity index (χ3n) is 4.59. The molecule has 0 aliphatic carbocycles. The molecule has 0 radical (unpaired) electrons. The van der Waals surface area contributed by atoms with Gasteiger partial charge in [0.05, 0.1) is 13.7 Å². The smallest absolute Gasteiger partial charge is 0.186 e. The van der Waals surface area contributed by atoms with Crippen LogP contribution in [0.1, 0.15) is 12.0 Å². The molecule has 0 aromatic heterocycles. The predicted molar refractivity (Wildman–Crippen MR) is 90.6 cm³/mol. The van der Waals surface area contributed by atoms with E-state index in [2.05, 4.69) is 11.4 Å². The fourth-order valence-corrected chi connectivity index (χ4v) is 3.20. The zero-order chi connectivity index (χ0) is 17.6. The molecule has 5 unspecified atom stereocenters. The molecule has 3 aliphatic rings. The van der Waals surface area contributed by atoms with E-state index in [-0.39, 0.29) is 6.10 Å². The minimum atomic E-state index is -1.09. The average Bonchev–Trinajstić information content (AvgIpc) is 2.77. The van der Waals surface area contributed by atoms with E-state index in [0.717, 1.165) is 18.7 Å². The van der Waals surface area contributed by atoms with Crippen LogP contribution in [0.4, 0.5) is 0 Å². The zero-order valence-electron chi connectivity index (χ0n) is 14.5. The predicted octanol–water partition coefficient (Wildman–Crippen LogP) is 0.0795. The van der Waals surface area contributed by atoms with Gasteiger partial charge in [-0.2, -0.15) is 0 Å². The van der Waals surface area contributed by atoms with E-state index in [1.54, 1.807) is 7.11 Å². The Morgan fingerprint density at radius 3 is 2.88 bits per heavy atom. The van der Waals surface area contributed by atoms with Gasteiger partial charge < -0.3 is 34.5 Å². The van der Waals surface area contributed by atoms with E-state index >= 15 is 0 Å². The Bertz CT molecular complexity index is 540. The minimum Gasteiger partial charge on any atom is -0.497 e. The topological polar surface area (TPSA) is 89.4 Å². The molecular weight excluding hydrogens is 326 g/mol. The monoisotopic (exact) mass is 353 g/mol. The summed E-state index contributed by atoms with van der Waals surface area (Å²) in [5, 5.41) is 23.7. The number of hydrogen-bond acceptors (Lipinski definition) is 7. The summed E-state index contributed by atoms with van der Waals surface area (Å²) >= 11 is 0. The molecule has 25 heavy (non-hydrogen) atoms. The lowest BCUT2D eigenvalue weighted by molar-refractivity contribution is -0.292. The van der Waals surface area contributed by atoms with Gasteiger partial charge >= 0.3 is 0 Å². The number of rotatable bonds is 6. The molecule has 4 rings (SSSR count). The first kappa shape index (κ1) is 18.6. The highest BCUT2D eigenvalue weighted by molar-refractivity contribution is 5.28. The van der Waals surface area contributed by atoms with Crippen LogP contribution in [0.2, 0.25) is 0 Å². The fraction of sp³-hybridized carbons (Fsp3) is 0.667. The normalized spacial score (nSPS) is 32.7. The van der Waals surface area contributed by atoms with Crippen LogP contribution >= 0.6 is 0 Å². The van der Waals surface area contributed by atoms with Gasteiger partial charge in [0.25, 0.3) is 0 Å². The first-order valence-electron chi connectivity index (χ1n) is 8.77. The molecule has 7 heteroatoms. The number of aliphatic hydroxyl groups excluding tert-OH is 2. The highest BCUT2D eigenvalue weighted by atomic mass is 16.7. The fourth-order valence-electron chi connectivity index (χ4n) is 3.20. The van der Waals surface area contributed by atoms with Crippen molar-refractivity contribution in [1.82, 2.24) is 5.32 Å². The van der Waals surface area contributed by atoms with Gasteiger partial charge in [0, 0.05) is 13.2 Å². The van der Waals surface area contributed by atoms with Crippen LogP contribution in [0.3, 0.4) is 0 Å². The Balaban J connectivity index is 1.51. The van der Waals surface area contributed by atoms with Gasteiger partial charge in [-0.3, -0.25) is 0 Å². The lowest BCUT2D eigenvalue weighted by atomic mass is 9.98. The molecule has 5 atom stereocenters. The summed E-state index contributed by atoms with van der Waals surface area (Å²) in [4.78, 5) is 0. The number of ether oxygens (including phenoxy) is 4. The highest BCUT2D eigenvalue weighted by Crippen LogP contribution is 2.26. The van der Waals surface area contributed by atoms with Crippen molar-refractivity contribution < 1.29 is 29.2 Å².